The second-order valence-corrected chi connectivity index (χ2v) is 5.58. The lowest BCUT2D eigenvalue weighted by atomic mass is 9.75. The molecule has 0 unspecified atom stereocenters. The largest absolute Gasteiger partial charge is 0.341 e. The second-order valence-electron chi connectivity index (χ2n) is 5.58. The first-order valence-corrected chi connectivity index (χ1v) is 6.68. The standard InChI is InChI=1S/C13H27N3O/c1-4-8-16(10-9-15(2)3)12(17)11-13(14)6-5-7-13/h4-11,14H2,1-3H3. The molecule has 0 atom stereocenters. The summed E-state index contributed by atoms with van der Waals surface area (Å²) in [7, 11) is 4.07. The fourth-order valence-electron chi connectivity index (χ4n) is 2.17. The van der Waals surface area contributed by atoms with Gasteiger partial charge in [-0.1, -0.05) is 6.92 Å². The number of hydrogen-bond acceptors (Lipinski definition) is 3. The highest BCUT2D eigenvalue weighted by atomic mass is 16.2. The summed E-state index contributed by atoms with van der Waals surface area (Å²) < 4.78 is 0. The van der Waals surface area contributed by atoms with E-state index < -0.39 is 0 Å². The molecule has 4 heteroatoms. The molecule has 1 rings (SSSR count). The fraction of sp³-hybridized carbons (Fsp3) is 0.923. The molecule has 1 amide bonds. The van der Waals surface area contributed by atoms with Crippen molar-refractivity contribution in [2.75, 3.05) is 33.7 Å². The van der Waals surface area contributed by atoms with Gasteiger partial charge in [0, 0.05) is 31.6 Å². The zero-order valence-corrected chi connectivity index (χ0v) is 11.5. The molecule has 100 valence electrons. The zero-order valence-electron chi connectivity index (χ0n) is 11.5. The van der Waals surface area contributed by atoms with Crippen molar-refractivity contribution < 1.29 is 4.79 Å². The summed E-state index contributed by atoms with van der Waals surface area (Å²) >= 11 is 0. The van der Waals surface area contributed by atoms with E-state index in [1.54, 1.807) is 0 Å². The first-order chi connectivity index (χ1) is 7.97. The van der Waals surface area contributed by atoms with Gasteiger partial charge < -0.3 is 15.5 Å². The average molecular weight is 241 g/mol. The average Bonchev–Trinajstić information content (AvgIpc) is 2.21. The molecule has 17 heavy (non-hydrogen) atoms. The Morgan fingerprint density at radius 3 is 2.29 bits per heavy atom. The molecule has 4 nitrogen and oxygen atoms in total. The van der Waals surface area contributed by atoms with E-state index in [9.17, 15) is 4.79 Å². The Kier molecular flexibility index (Phi) is 5.40. The van der Waals surface area contributed by atoms with Gasteiger partial charge in [-0.2, -0.15) is 0 Å². The van der Waals surface area contributed by atoms with E-state index in [-0.39, 0.29) is 11.4 Å². The molecule has 0 aromatic rings. The van der Waals surface area contributed by atoms with Gasteiger partial charge in [0.1, 0.15) is 0 Å². The number of likely N-dealkylation sites (N-methyl/N-ethyl adjacent to an activating group) is 1. The van der Waals surface area contributed by atoms with Crippen LogP contribution in [0.1, 0.15) is 39.0 Å². The molecule has 0 aromatic heterocycles. The van der Waals surface area contributed by atoms with Crippen molar-refractivity contribution in [1.29, 1.82) is 0 Å². The van der Waals surface area contributed by atoms with Crippen molar-refractivity contribution in [2.24, 2.45) is 5.73 Å². The third-order valence-corrected chi connectivity index (χ3v) is 3.52. The molecule has 0 bridgehead atoms. The van der Waals surface area contributed by atoms with Crippen LogP contribution in [0.2, 0.25) is 0 Å². The lowest BCUT2D eigenvalue weighted by molar-refractivity contribution is -0.133. The minimum atomic E-state index is -0.193. The molecule has 0 heterocycles. The van der Waals surface area contributed by atoms with Gasteiger partial charge in [-0.15, -0.1) is 0 Å². The van der Waals surface area contributed by atoms with Crippen molar-refractivity contribution in [1.82, 2.24) is 9.80 Å². The highest BCUT2D eigenvalue weighted by molar-refractivity contribution is 5.77. The van der Waals surface area contributed by atoms with Crippen LogP contribution >= 0.6 is 0 Å². The molecule has 0 saturated heterocycles. The molecule has 1 aliphatic rings. The maximum atomic E-state index is 12.2. The maximum absolute atomic E-state index is 12.2. The van der Waals surface area contributed by atoms with Crippen LogP contribution in [0.5, 0.6) is 0 Å². The number of carbonyl (C=O) groups excluding carboxylic acids is 1. The number of rotatable bonds is 7. The minimum absolute atomic E-state index is 0.193. The molecule has 1 saturated carbocycles. The summed E-state index contributed by atoms with van der Waals surface area (Å²) in [5, 5.41) is 0. The van der Waals surface area contributed by atoms with Crippen LogP contribution in [0, 0.1) is 0 Å². The molecule has 2 N–H and O–H groups in total. The summed E-state index contributed by atoms with van der Waals surface area (Å²) in [6.45, 7) is 4.69. The zero-order chi connectivity index (χ0) is 12.9. The van der Waals surface area contributed by atoms with Crippen LogP contribution in [-0.2, 0) is 4.79 Å². The van der Waals surface area contributed by atoms with Crippen LogP contribution in [0.25, 0.3) is 0 Å². The molecule has 0 aromatic carbocycles. The van der Waals surface area contributed by atoms with E-state index in [2.05, 4.69) is 11.8 Å². The summed E-state index contributed by atoms with van der Waals surface area (Å²) in [6, 6.07) is 0. The van der Waals surface area contributed by atoms with Gasteiger partial charge in [-0.25, -0.2) is 0 Å². The second kappa shape index (κ2) is 6.36. The predicted octanol–water partition coefficient (Wildman–Crippen LogP) is 1.06. The summed E-state index contributed by atoms with van der Waals surface area (Å²) in [5.74, 6) is 0.232. The van der Waals surface area contributed by atoms with Gasteiger partial charge in [0.2, 0.25) is 5.91 Å². The Morgan fingerprint density at radius 1 is 1.24 bits per heavy atom. The van der Waals surface area contributed by atoms with Gasteiger partial charge in [0.05, 0.1) is 0 Å². The van der Waals surface area contributed by atoms with E-state index in [4.69, 9.17) is 5.73 Å². The van der Waals surface area contributed by atoms with E-state index in [1.165, 1.54) is 6.42 Å². The molecule has 0 spiro atoms. The normalized spacial score (nSPS) is 17.9. The molecular formula is C13H27N3O. The number of carbonyl (C=O) groups is 1. The van der Waals surface area contributed by atoms with E-state index in [1.807, 2.05) is 19.0 Å². The Hall–Kier alpha value is -0.610. The predicted molar refractivity (Wildman–Crippen MR) is 70.8 cm³/mol. The third kappa shape index (κ3) is 4.64. The quantitative estimate of drug-likeness (QED) is 0.725. The van der Waals surface area contributed by atoms with Crippen molar-refractivity contribution in [3.8, 4) is 0 Å². The van der Waals surface area contributed by atoms with Crippen LogP contribution in [0.15, 0.2) is 0 Å². The smallest absolute Gasteiger partial charge is 0.224 e. The van der Waals surface area contributed by atoms with Crippen LogP contribution in [0.3, 0.4) is 0 Å². The lowest BCUT2D eigenvalue weighted by Crippen LogP contribution is -2.51. The monoisotopic (exact) mass is 241 g/mol. The lowest BCUT2D eigenvalue weighted by Gasteiger charge is -2.39. The summed E-state index contributed by atoms with van der Waals surface area (Å²) in [5.41, 5.74) is 5.94. The Balaban J connectivity index is 2.41. The molecular weight excluding hydrogens is 214 g/mol. The van der Waals surface area contributed by atoms with Gasteiger partial charge in [0.25, 0.3) is 0 Å². The van der Waals surface area contributed by atoms with Crippen molar-refractivity contribution in [3.05, 3.63) is 0 Å². The number of nitrogens with two attached hydrogens (primary N) is 1. The SMILES string of the molecule is CCCN(CCN(C)C)C(=O)CC1(N)CCC1. The highest BCUT2D eigenvalue weighted by Crippen LogP contribution is 2.32. The van der Waals surface area contributed by atoms with Gasteiger partial charge in [-0.3, -0.25) is 4.79 Å². The van der Waals surface area contributed by atoms with Crippen LogP contribution < -0.4 is 5.73 Å². The number of nitrogens with zero attached hydrogens (tertiary/aromatic N) is 2. The molecule has 1 aliphatic carbocycles. The first-order valence-electron chi connectivity index (χ1n) is 6.68. The molecule has 0 aliphatic heterocycles. The summed E-state index contributed by atoms with van der Waals surface area (Å²) in [6.07, 6.45) is 4.73. The highest BCUT2D eigenvalue weighted by Gasteiger charge is 2.35. The molecule has 1 fully saturated rings. The Bertz CT molecular complexity index is 249. The van der Waals surface area contributed by atoms with Gasteiger partial charge in [-0.05, 0) is 39.8 Å². The van der Waals surface area contributed by atoms with Crippen LogP contribution in [0.4, 0.5) is 0 Å². The van der Waals surface area contributed by atoms with Crippen molar-refractivity contribution in [3.63, 3.8) is 0 Å². The van der Waals surface area contributed by atoms with Crippen molar-refractivity contribution in [2.45, 2.75) is 44.6 Å². The maximum Gasteiger partial charge on any atom is 0.224 e. The van der Waals surface area contributed by atoms with E-state index >= 15 is 0 Å². The van der Waals surface area contributed by atoms with Crippen LogP contribution in [-0.4, -0.2) is 55.0 Å². The Labute approximate surface area is 105 Å². The van der Waals surface area contributed by atoms with E-state index in [0.29, 0.717) is 6.42 Å². The number of hydrogen-bond donors (Lipinski definition) is 1. The summed E-state index contributed by atoms with van der Waals surface area (Å²) in [4.78, 5) is 16.3. The third-order valence-electron chi connectivity index (χ3n) is 3.52. The topological polar surface area (TPSA) is 49.6 Å². The fourth-order valence-corrected chi connectivity index (χ4v) is 2.17. The van der Waals surface area contributed by atoms with Gasteiger partial charge >= 0.3 is 0 Å². The van der Waals surface area contributed by atoms with Crippen molar-refractivity contribution >= 4 is 5.91 Å². The van der Waals surface area contributed by atoms with E-state index in [0.717, 1.165) is 38.9 Å². The Morgan fingerprint density at radius 2 is 1.88 bits per heavy atom. The molecule has 0 radical (unpaired) electrons. The minimum Gasteiger partial charge on any atom is -0.341 e. The van der Waals surface area contributed by atoms with Gasteiger partial charge in [0.15, 0.2) is 0 Å². The number of amides is 1. The first kappa shape index (κ1) is 14.5.